The second-order valence-corrected chi connectivity index (χ2v) is 25.3. The Morgan fingerprint density at radius 3 is 1.24 bits per heavy atom. The summed E-state index contributed by atoms with van der Waals surface area (Å²) in [6, 6.07) is -0.450. The predicted molar refractivity (Wildman–Crippen MR) is 356 cm³/mol. The summed E-state index contributed by atoms with van der Waals surface area (Å²) in [7, 11) is 0. The summed E-state index contributed by atoms with van der Waals surface area (Å²) in [4.78, 5) is 64.9. The number of carbonyl (C=O) groups excluding carboxylic acids is 4. The van der Waals surface area contributed by atoms with Gasteiger partial charge in [-0.05, 0) is 39.8 Å². The molecular formula is C67H95F10N9O24. The Labute approximate surface area is 626 Å². The smallest absolute Gasteiger partial charge is 0.418 e. The number of hydrogen-bond acceptors (Lipinski definition) is 30. The molecule has 622 valence electrons. The maximum absolute atomic E-state index is 13.8. The quantitative estimate of drug-likeness (QED) is 0.0178. The van der Waals surface area contributed by atoms with Crippen LogP contribution in [0.2, 0.25) is 0 Å². The first kappa shape index (κ1) is 90.6. The lowest BCUT2D eigenvalue weighted by molar-refractivity contribution is -0.161. The molecule has 0 aliphatic carbocycles. The molecule has 4 saturated heterocycles. The van der Waals surface area contributed by atoms with Gasteiger partial charge >= 0.3 is 18.3 Å². The second kappa shape index (κ2) is 47.2. The van der Waals surface area contributed by atoms with Crippen LogP contribution in [-0.4, -0.2) is 308 Å². The zero-order valence-corrected chi connectivity index (χ0v) is 61.1. The van der Waals surface area contributed by atoms with Gasteiger partial charge in [-0.2, -0.15) is 35.1 Å². The number of aromatic nitrogens is 4. The van der Waals surface area contributed by atoms with Gasteiger partial charge in [0.15, 0.2) is 23.2 Å². The van der Waals surface area contributed by atoms with Crippen LogP contribution in [0, 0.1) is 23.3 Å². The molecule has 6 heterocycles. The van der Waals surface area contributed by atoms with Gasteiger partial charge in [-0.15, -0.1) is 0 Å². The van der Waals surface area contributed by atoms with Crippen molar-refractivity contribution in [2.75, 3.05) is 209 Å². The number of fused-ring (bicyclic) bond motifs is 2. The van der Waals surface area contributed by atoms with Gasteiger partial charge in [0, 0.05) is 44.4 Å². The topological polar surface area (TPSA) is 365 Å². The van der Waals surface area contributed by atoms with Crippen molar-refractivity contribution >= 4 is 35.6 Å². The van der Waals surface area contributed by atoms with E-state index >= 15 is 0 Å². The van der Waals surface area contributed by atoms with Crippen molar-refractivity contribution in [1.29, 1.82) is 0 Å². The van der Waals surface area contributed by atoms with Gasteiger partial charge in [0.05, 0.1) is 190 Å². The maximum Gasteiger partial charge on any atom is 0.433 e. The Kier molecular flexibility index (Phi) is 38.8. The normalized spacial score (nSPS) is 21.1. The monoisotopic (exact) mass is 1600 g/mol. The van der Waals surface area contributed by atoms with E-state index in [0.29, 0.717) is 0 Å². The summed E-state index contributed by atoms with van der Waals surface area (Å²) in [6.45, 7) is 9.12. The zero-order valence-electron chi connectivity index (χ0n) is 61.1. The molecule has 8 atom stereocenters. The van der Waals surface area contributed by atoms with E-state index in [9.17, 15) is 63.1 Å². The summed E-state index contributed by atoms with van der Waals surface area (Å²) >= 11 is 0. The van der Waals surface area contributed by atoms with E-state index in [1.165, 1.54) is 0 Å². The van der Waals surface area contributed by atoms with E-state index in [0.717, 1.165) is 24.5 Å². The lowest BCUT2D eigenvalue weighted by Crippen LogP contribution is -2.55. The first-order chi connectivity index (χ1) is 52.6. The molecule has 1 aromatic carbocycles. The molecule has 3 amide bonds. The molecule has 0 saturated carbocycles. The van der Waals surface area contributed by atoms with Crippen molar-refractivity contribution in [1.82, 2.24) is 35.9 Å². The van der Waals surface area contributed by atoms with E-state index in [-0.39, 0.29) is 227 Å². The van der Waals surface area contributed by atoms with Crippen LogP contribution in [0.5, 0.6) is 5.75 Å². The highest BCUT2D eigenvalue weighted by Gasteiger charge is 2.54. The van der Waals surface area contributed by atoms with Gasteiger partial charge < -0.3 is 121 Å². The Morgan fingerprint density at radius 2 is 0.836 bits per heavy atom. The Bertz CT molecular complexity index is 3060. The number of carbonyl (C=O) groups is 4. The molecule has 110 heavy (non-hydrogen) atoms. The minimum atomic E-state index is -4.64. The molecule has 2 aromatic heterocycles. The molecule has 0 unspecified atom stereocenters. The molecule has 33 nitrogen and oxygen atoms in total. The van der Waals surface area contributed by atoms with E-state index in [2.05, 4.69) is 51.3 Å². The summed E-state index contributed by atoms with van der Waals surface area (Å²) < 4.78 is 246. The van der Waals surface area contributed by atoms with Crippen molar-refractivity contribution in [3.05, 3.63) is 65.2 Å². The minimum absolute atomic E-state index is 0.0366. The van der Waals surface area contributed by atoms with Crippen molar-refractivity contribution in [2.45, 2.75) is 119 Å². The standard InChI is InChI=1S/C67H95F10N9O24/c1-64(2)107-57-45(83-62-80-9-5-49(85-62)66(72,73)74)36-104-47(59(57)109-64)38-100-29-25-95-23-21-93-19-17-91-15-11-78-51(87)7-13-98-34-42(82-53(89)40-102-31-27-97-28-32-103-41-54(90)106-61-55(70)43(68)33-44(69)56(61)71)35-99-14-8-52(88)79-12-16-92-18-20-94-22-24-96-26-30-101-39-48-60-58(108-65(3,4)110-60)46(37-105-48)84-63-81-10-6-50(86-63)67(75,76)77/h5-6,9-10,33,42,45-48,57-60H,7-8,11-32,34-41H2,1-4H3,(H,78,87)(H,79,88)(H,82,89)(H,80,83,85)(H,81,84,86)/t45-,46-,47+,48+,57+,58+,59-,60-/m0/s1. The SMILES string of the molecule is CC1(C)O[C@@H]2[C@H](O1)[C@@H](Nc1nccc(C(F)(F)F)n1)CO[C@@H]2COCCOCCOCCOCCNC(=O)CCOCC(COCCC(=O)NCCOCCOCCOCCOC[C@H]1OC[C@H](Nc2nccc(C(F)(F)F)n2)[C@H]2OC(C)(C)O[C@H]21)NC(=O)COCCOCCOCC(=O)Oc1c(F)c(F)cc(F)c1F. The van der Waals surface area contributed by atoms with E-state index in [1.54, 1.807) is 27.7 Å². The summed E-state index contributed by atoms with van der Waals surface area (Å²) in [5.74, 6) is -13.9. The highest BCUT2D eigenvalue weighted by molar-refractivity contribution is 5.78. The first-order valence-electron chi connectivity index (χ1n) is 35.3. The molecule has 0 spiro atoms. The number of halogens is 10. The molecule has 7 rings (SSSR count). The predicted octanol–water partition coefficient (Wildman–Crippen LogP) is 3.28. The Balaban J connectivity index is 0.682. The van der Waals surface area contributed by atoms with Crippen LogP contribution in [0.25, 0.3) is 0 Å². The number of nitrogens with one attached hydrogen (secondary N) is 5. The molecule has 4 fully saturated rings. The molecule has 4 aliphatic rings. The van der Waals surface area contributed by atoms with Crippen LogP contribution in [0.1, 0.15) is 51.9 Å². The number of alkyl halides is 6. The lowest BCUT2D eigenvalue weighted by Gasteiger charge is -2.37. The highest BCUT2D eigenvalue weighted by atomic mass is 19.4. The van der Waals surface area contributed by atoms with Gasteiger partial charge in [0.25, 0.3) is 0 Å². The summed E-state index contributed by atoms with van der Waals surface area (Å²) in [6.07, 6.45) is -10.8. The molecule has 3 aromatic rings. The summed E-state index contributed by atoms with van der Waals surface area (Å²) in [5.41, 5.74) is -2.18. The number of benzene rings is 1. The molecule has 4 aliphatic heterocycles. The van der Waals surface area contributed by atoms with Crippen molar-refractivity contribution in [2.24, 2.45) is 0 Å². The number of amides is 3. The van der Waals surface area contributed by atoms with Crippen LogP contribution in [0.15, 0.2) is 30.6 Å². The number of anilines is 2. The molecular weight excluding hydrogens is 1500 g/mol. The van der Waals surface area contributed by atoms with Gasteiger partial charge in [-0.25, -0.2) is 33.5 Å². The van der Waals surface area contributed by atoms with Gasteiger partial charge in [-0.3, -0.25) is 14.4 Å². The maximum atomic E-state index is 13.8. The van der Waals surface area contributed by atoms with Gasteiger partial charge in [0.1, 0.15) is 61.2 Å². The second-order valence-electron chi connectivity index (χ2n) is 25.3. The zero-order chi connectivity index (χ0) is 79.4. The van der Waals surface area contributed by atoms with E-state index < -0.39 is 144 Å². The third-order valence-electron chi connectivity index (χ3n) is 15.7. The van der Waals surface area contributed by atoms with Crippen molar-refractivity contribution < 1.29 is 158 Å². The van der Waals surface area contributed by atoms with Crippen LogP contribution < -0.4 is 31.3 Å². The number of hydrogen-bond donors (Lipinski definition) is 5. The van der Waals surface area contributed by atoms with Crippen molar-refractivity contribution in [3.63, 3.8) is 0 Å². The average molecular weight is 1600 g/mol. The fourth-order valence-corrected chi connectivity index (χ4v) is 10.7. The Morgan fingerprint density at radius 1 is 0.473 bits per heavy atom. The number of nitrogens with zero attached hydrogens (tertiary/aromatic N) is 4. The molecule has 0 bridgehead atoms. The number of esters is 1. The third-order valence-corrected chi connectivity index (χ3v) is 15.7. The number of rotatable bonds is 54. The van der Waals surface area contributed by atoms with Gasteiger partial charge in [0.2, 0.25) is 47.0 Å². The van der Waals surface area contributed by atoms with Crippen LogP contribution >= 0.6 is 0 Å². The van der Waals surface area contributed by atoms with E-state index in [1.807, 2.05) is 0 Å². The van der Waals surface area contributed by atoms with Crippen molar-refractivity contribution in [3.8, 4) is 5.75 Å². The fraction of sp³-hybridized carbons (Fsp3) is 0.731. The van der Waals surface area contributed by atoms with Crippen LogP contribution in [0.3, 0.4) is 0 Å². The fourth-order valence-electron chi connectivity index (χ4n) is 10.7. The lowest BCUT2D eigenvalue weighted by atomic mass is 9.98. The molecule has 43 heteroatoms. The third kappa shape index (κ3) is 33.2. The largest absolute Gasteiger partial charge is 0.433 e. The molecule has 0 radical (unpaired) electrons. The van der Waals surface area contributed by atoms with Gasteiger partial charge in [-0.1, -0.05) is 0 Å². The molecule has 5 N–H and O–H groups in total. The first-order valence-corrected chi connectivity index (χ1v) is 35.3. The minimum Gasteiger partial charge on any atom is -0.418 e. The average Bonchev–Trinajstić information content (AvgIpc) is 1.62. The Hall–Kier alpha value is -6.60. The number of ether oxygens (including phenoxy) is 20. The summed E-state index contributed by atoms with van der Waals surface area (Å²) in [5, 5.41) is 13.9. The van der Waals surface area contributed by atoms with E-state index in [4.69, 9.17) is 90.0 Å². The highest BCUT2D eigenvalue weighted by Crippen LogP contribution is 2.39. The van der Waals surface area contributed by atoms with Crippen LogP contribution in [-0.2, 0) is 122 Å². The van der Waals surface area contributed by atoms with Crippen LogP contribution in [0.4, 0.5) is 55.8 Å².